The number of carboxylic acid groups (broad SMARTS) is 1. The van der Waals surface area contributed by atoms with Crippen LogP contribution >= 0.6 is 0 Å². The number of nitrogens with zero attached hydrogens (tertiary/aromatic N) is 1. The first kappa shape index (κ1) is 18.9. The number of halogens is 3. The number of aliphatic carboxylic acids is 1. The molecule has 0 aromatic heterocycles. The molecule has 1 aromatic rings. The van der Waals surface area contributed by atoms with E-state index in [9.17, 15) is 22.8 Å². The number of hydrogen-bond acceptors (Lipinski definition) is 4. The van der Waals surface area contributed by atoms with Crippen molar-refractivity contribution >= 4 is 11.9 Å². The van der Waals surface area contributed by atoms with Gasteiger partial charge in [0.15, 0.2) is 23.5 Å². The van der Waals surface area contributed by atoms with Gasteiger partial charge in [-0.3, -0.25) is 9.59 Å². The van der Waals surface area contributed by atoms with Gasteiger partial charge in [0.1, 0.15) is 0 Å². The molecule has 2 rings (SSSR count). The number of carbonyl (C=O) groups is 2. The van der Waals surface area contributed by atoms with Crippen LogP contribution in [0.25, 0.3) is 0 Å². The Morgan fingerprint density at radius 2 is 1.84 bits per heavy atom. The lowest BCUT2D eigenvalue weighted by Crippen LogP contribution is -2.48. The maximum Gasteiger partial charge on any atom is 0.406 e. The fourth-order valence-corrected chi connectivity index (χ4v) is 2.62. The van der Waals surface area contributed by atoms with E-state index in [0.29, 0.717) is 12.4 Å². The second kappa shape index (κ2) is 7.20. The fraction of sp³-hybridized carbons (Fsp3) is 0.500. The van der Waals surface area contributed by atoms with E-state index < -0.39 is 43.0 Å². The Hall–Kier alpha value is -2.45. The van der Waals surface area contributed by atoms with Crippen molar-refractivity contribution in [1.82, 2.24) is 4.90 Å². The molecule has 9 heteroatoms. The second-order valence-electron chi connectivity index (χ2n) is 5.62. The van der Waals surface area contributed by atoms with Crippen molar-refractivity contribution in [2.24, 2.45) is 5.41 Å². The maximum absolute atomic E-state index is 13.1. The molecule has 0 bridgehead atoms. The van der Waals surface area contributed by atoms with Crippen LogP contribution in [-0.4, -0.2) is 54.4 Å². The van der Waals surface area contributed by atoms with Crippen molar-refractivity contribution in [3.63, 3.8) is 0 Å². The lowest BCUT2D eigenvalue weighted by atomic mass is 9.86. The van der Waals surface area contributed by atoms with E-state index >= 15 is 0 Å². The number of alkyl halides is 3. The first-order valence-corrected chi connectivity index (χ1v) is 7.64. The zero-order valence-electron chi connectivity index (χ0n) is 13.5. The zero-order valence-corrected chi connectivity index (χ0v) is 13.5. The van der Waals surface area contributed by atoms with Crippen molar-refractivity contribution in [2.45, 2.75) is 19.5 Å². The molecule has 0 spiro atoms. The van der Waals surface area contributed by atoms with E-state index in [-0.39, 0.29) is 12.3 Å². The van der Waals surface area contributed by atoms with Gasteiger partial charge in [-0.25, -0.2) is 0 Å². The highest BCUT2D eigenvalue weighted by Gasteiger charge is 2.64. The summed E-state index contributed by atoms with van der Waals surface area (Å²) in [4.78, 5) is 24.1. The predicted molar refractivity (Wildman–Crippen MR) is 80.4 cm³/mol. The highest BCUT2D eigenvalue weighted by molar-refractivity contribution is 5.82. The highest BCUT2D eigenvalue weighted by atomic mass is 19.4. The molecule has 1 aliphatic heterocycles. The van der Waals surface area contributed by atoms with Gasteiger partial charge in [-0.1, -0.05) is 12.1 Å². The average Bonchev–Trinajstić information content (AvgIpc) is 3.01. The SMILES string of the molecule is CCOc1ccccc1OCC(=O)N1CCC(C(=O)O)(C(F)(F)F)C1. The van der Waals surface area contributed by atoms with Gasteiger partial charge in [0.05, 0.1) is 6.61 Å². The monoisotopic (exact) mass is 361 g/mol. The third-order valence-corrected chi connectivity index (χ3v) is 4.07. The van der Waals surface area contributed by atoms with Gasteiger partial charge in [-0.2, -0.15) is 13.2 Å². The van der Waals surface area contributed by atoms with E-state index in [4.69, 9.17) is 14.6 Å². The first-order valence-electron chi connectivity index (χ1n) is 7.64. The van der Waals surface area contributed by atoms with Gasteiger partial charge in [-0.15, -0.1) is 0 Å². The molecule has 1 heterocycles. The molecule has 1 amide bonds. The third-order valence-electron chi connectivity index (χ3n) is 4.07. The molecule has 1 fully saturated rings. The van der Waals surface area contributed by atoms with Gasteiger partial charge < -0.3 is 19.5 Å². The molecule has 1 N–H and O–H groups in total. The van der Waals surface area contributed by atoms with Crippen molar-refractivity contribution in [1.29, 1.82) is 0 Å². The molecule has 25 heavy (non-hydrogen) atoms. The van der Waals surface area contributed by atoms with Crippen LogP contribution in [-0.2, 0) is 9.59 Å². The Morgan fingerprint density at radius 3 is 2.32 bits per heavy atom. The molecule has 1 aromatic carbocycles. The summed E-state index contributed by atoms with van der Waals surface area (Å²) in [6, 6.07) is 6.58. The van der Waals surface area contributed by atoms with E-state index in [0.717, 1.165) is 4.90 Å². The van der Waals surface area contributed by atoms with Gasteiger partial charge in [-0.05, 0) is 25.5 Å². The molecule has 1 saturated heterocycles. The van der Waals surface area contributed by atoms with Crippen LogP contribution in [0.5, 0.6) is 11.5 Å². The first-order chi connectivity index (χ1) is 11.7. The second-order valence-corrected chi connectivity index (χ2v) is 5.62. The molecule has 1 atom stereocenters. The summed E-state index contributed by atoms with van der Waals surface area (Å²) in [5.41, 5.74) is -2.92. The number of carbonyl (C=O) groups excluding carboxylic acids is 1. The minimum atomic E-state index is -4.93. The van der Waals surface area contributed by atoms with Gasteiger partial charge in [0, 0.05) is 13.1 Å². The highest BCUT2D eigenvalue weighted by Crippen LogP contribution is 2.45. The number of likely N-dealkylation sites (tertiary alicyclic amines) is 1. The largest absolute Gasteiger partial charge is 0.490 e. The fourth-order valence-electron chi connectivity index (χ4n) is 2.62. The van der Waals surface area contributed by atoms with Crippen LogP contribution in [0.15, 0.2) is 24.3 Å². The number of hydrogen-bond donors (Lipinski definition) is 1. The molecular formula is C16H18F3NO5. The quantitative estimate of drug-likeness (QED) is 0.842. The molecule has 0 saturated carbocycles. The van der Waals surface area contributed by atoms with E-state index in [1.807, 2.05) is 0 Å². The normalized spacial score (nSPS) is 20.4. The number of amides is 1. The Bertz CT molecular complexity index is 649. The molecule has 0 aliphatic carbocycles. The number of para-hydroxylation sites is 2. The van der Waals surface area contributed by atoms with Crippen LogP contribution in [0.2, 0.25) is 0 Å². The minimum absolute atomic E-state index is 0.289. The summed E-state index contributed by atoms with van der Waals surface area (Å²) in [6.45, 7) is 0.446. The number of benzene rings is 1. The molecular weight excluding hydrogens is 343 g/mol. The van der Waals surface area contributed by atoms with E-state index in [1.54, 1.807) is 31.2 Å². The summed E-state index contributed by atoms with van der Waals surface area (Å²) in [5, 5.41) is 9.00. The minimum Gasteiger partial charge on any atom is -0.490 e. The summed E-state index contributed by atoms with van der Waals surface area (Å²) in [7, 11) is 0. The van der Waals surface area contributed by atoms with Crippen LogP contribution < -0.4 is 9.47 Å². The number of carboxylic acids is 1. The maximum atomic E-state index is 13.1. The van der Waals surface area contributed by atoms with E-state index in [2.05, 4.69) is 0 Å². The number of rotatable bonds is 6. The Balaban J connectivity index is 2.02. The number of ether oxygens (including phenoxy) is 2. The Morgan fingerprint density at radius 1 is 1.24 bits per heavy atom. The molecule has 1 unspecified atom stereocenters. The summed E-state index contributed by atoms with van der Waals surface area (Å²) in [6.07, 6.45) is -5.61. The molecule has 6 nitrogen and oxygen atoms in total. The van der Waals surface area contributed by atoms with Gasteiger partial charge >= 0.3 is 12.1 Å². The summed E-state index contributed by atoms with van der Waals surface area (Å²) in [5.74, 6) is -1.98. The van der Waals surface area contributed by atoms with Gasteiger partial charge in [0.25, 0.3) is 5.91 Å². The smallest absolute Gasteiger partial charge is 0.406 e. The van der Waals surface area contributed by atoms with Gasteiger partial charge in [0.2, 0.25) is 0 Å². The molecule has 1 aliphatic rings. The summed E-state index contributed by atoms with van der Waals surface area (Å²) < 4.78 is 50.0. The third kappa shape index (κ3) is 3.80. The Kier molecular flexibility index (Phi) is 5.44. The van der Waals surface area contributed by atoms with Crippen molar-refractivity contribution in [2.75, 3.05) is 26.3 Å². The standard InChI is InChI=1S/C16H18F3NO5/c1-2-24-11-5-3-4-6-12(11)25-9-13(21)20-8-7-15(10-20,14(22)23)16(17,18)19/h3-6H,2,7-10H2,1H3,(H,22,23). The van der Waals surface area contributed by atoms with Crippen molar-refractivity contribution in [3.05, 3.63) is 24.3 Å². The molecule has 0 radical (unpaired) electrons. The van der Waals surface area contributed by atoms with Crippen LogP contribution in [0.1, 0.15) is 13.3 Å². The zero-order chi connectivity index (χ0) is 18.7. The summed E-state index contributed by atoms with van der Waals surface area (Å²) >= 11 is 0. The average molecular weight is 361 g/mol. The van der Waals surface area contributed by atoms with Crippen molar-refractivity contribution < 1.29 is 37.3 Å². The van der Waals surface area contributed by atoms with E-state index in [1.165, 1.54) is 0 Å². The Labute approximate surface area is 142 Å². The van der Waals surface area contributed by atoms with Crippen LogP contribution in [0, 0.1) is 5.41 Å². The predicted octanol–water partition coefficient (Wildman–Crippen LogP) is 2.33. The molecule has 138 valence electrons. The lowest BCUT2D eigenvalue weighted by molar-refractivity contribution is -0.227. The lowest BCUT2D eigenvalue weighted by Gasteiger charge is -2.27. The van der Waals surface area contributed by atoms with Crippen LogP contribution in [0.4, 0.5) is 13.2 Å². The topological polar surface area (TPSA) is 76.1 Å². The van der Waals surface area contributed by atoms with Crippen molar-refractivity contribution in [3.8, 4) is 11.5 Å². The van der Waals surface area contributed by atoms with Crippen LogP contribution in [0.3, 0.4) is 0 Å².